The van der Waals surface area contributed by atoms with Gasteiger partial charge < -0.3 is 41.3 Å². The number of nitrogens with two attached hydrogens (primary N) is 2. The molecular formula is C12H16N6O5. The Hall–Kier alpha value is -2.47. The summed E-state index contributed by atoms with van der Waals surface area (Å²) in [6.45, 7) is -0.460. The van der Waals surface area contributed by atoms with E-state index in [0.717, 1.165) is 0 Å². The van der Waals surface area contributed by atoms with Crippen molar-refractivity contribution in [2.75, 3.05) is 12.3 Å². The summed E-state index contributed by atoms with van der Waals surface area (Å²) in [6.07, 6.45) is -1.91. The van der Waals surface area contributed by atoms with E-state index in [1.165, 1.54) is 17.1 Å². The van der Waals surface area contributed by atoms with Crippen LogP contribution in [-0.2, 0) is 4.74 Å². The molecule has 1 saturated heterocycles. The highest BCUT2D eigenvalue weighted by atomic mass is 16.6. The number of nitrogens with zero attached hydrogens (tertiary/aromatic N) is 4. The van der Waals surface area contributed by atoms with Gasteiger partial charge in [0.05, 0.1) is 17.6 Å². The van der Waals surface area contributed by atoms with Gasteiger partial charge in [-0.2, -0.15) is 0 Å². The molecule has 0 radical (unpaired) electrons. The minimum absolute atomic E-state index is 0.0992. The van der Waals surface area contributed by atoms with Crippen molar-refractivity contribution >= 4 is 22.7 Å². The number of amidine groups is 1. The molecule has 23 heavy (non-hydrogen) atoms. The number of anilines is 1. The van der Waals surface area contributed by atoms with Crippen LogP contribution in [0, 0.1) is 0 Å². The lowest BCUT2D eigenvalue weighted by molar-refractivity contribution is -0.0508. The van der Waals surface area contributed by atoms with Crippen LogP contribution in [0.1, 0.15) is 11.8 Å². The average molecular weight is 324 g/mol. The fourth-order valence-electron chi connectivity index (χ4n) is 2.66. The molecule has 0 spiro atoms. The van der Waals surface area contributed by atoms with Crippen molar-refractivity contribution in [2.45, 2.75) is 24.5 Å². The normalized spacial score (nSPS) is 28.6. The molecule has 2 aromatic rings. The van der Waals surface area contributed by atoms with E-state index in [2.05, 4.69) is 15.1 Å². The van der Waals surface area contributed by atoms with Crippen LogP contribution in [0.3, 0.4) is 0 Å². The van der Waals surface area contributed by atoms with Crippen LogP contribution in [0.4, 0.5) is 5.82 Å². The third kappa shape index (κ3) is 2.26. The topological polar surface area (TPSA) is 185 Å². The van der Waals surface area contributed by atoms with Crippen LogP contribution in [0.5, 0.6) is 0 Å². The lowest BCUT2D eigenvalue weighted by Gasteiger charge is -2.17. The van der Waals surface area contributed by atoms with Crippen LogP contribution in [0.25, 0.3) is 11.0 Å². The molecule has 3 heterocycles. The Bertz CT molecular complexity index is 762. The van der Waals surface area contributed by atoms with Gasteiger partial charge in [-0.15, -0.1) is 0 Å². The Balaban J connectivity index is 2.18. The summed E-state index contributed by atoms with van der Waals surface area (Å²) in [5.41, 5.74) is 12.0. The summed E-state index contributed by atoms with van der Waals surface area (Å²) in [5.74, 6) is -0.121. The summed E-state index contributed by atoms with van der Waals surface area (Å²) in [5, 5.41) is 41.4. The largest absolute Gasteiger partial charge is 0.409 e. The second-order valence-corrected chi connectivity index (χ2v) is 5.12. The van der Waals surface area contributed by atoms with Crippen molar-refractivity contribution in [1.82, 2.24) is 14.5 Å². The first-order chi connectivity index (χ1) is 11.0. The number of aromatic nitrogens is 3. The molecule has 0 aromatic carbocycles. The van der Waals surface area contributed by atoms with Gasteiger partial charge in [0, 0.05) is 6.20 Å². The van der Waals surface area contributed by atoms with Gasteiger partial charge in [0.25, 0.3) is 0 Å². The number of hydrogen-bond donors (Lipinski definition) is 6. The SMILES string of the molecule is NC(=NO)c1cn([C@@H]2O[C@@H](CO)[C@H](O)[C@H]2O)c2ncnc(N)c12. The molecule has 0 saturated carbocycles. The van der Waals surface area contributed by atoms with Gasteiger partial charge in [-0.1, -0.05) is 5.16 Å². The van der Waals surface area contributed by atoms with Crippen molar-refractivity contribution in [1.29, 1.82) is 0 Å². The lowest BCUT2D eigenvalue weighted by Crippen LogP contribution is -2.33. The molecule has 1 aliphatic rings. The highest BCUT2D eigenvalue weighted by molar-refractivity contribution is 6.11. The van der Waals surface area contributed by atoms with Crippen molar-refractivity contribution in [3.05, 3.63) is 18.1 Å². The predicted octanol–water partition coefficient (Wildman–Crippen LogP) is -2.28. The third-order valence-corrected chi connectivity index (χ3v) is 3.81. The standard InChI is InChI=1S/C12H16N6O5/c13-9(17-22)4-1-18(11-6(4)10(14)15-3-16-11)12-8(21)7(20)5(2-19)23-12/h1,3,5,7-8,12,19-22H,2H2,(H2,13,17)(H2,14,15,16)/t5-,7-,8+,12+/m0/s1. The number of nitrogen functional groups attached to an aromatic ring is 1. The van der Waals surface area contributed by atoms with Gasteiger partial charge in [-0.05, 0) is 0 Å². The van der Waals surface area contributed by atoms with Gasteiger partial charge in [-0.25, -0.2) is 9.97 Å². The Morgan fingerprint density at radius 3 is 2.70 bits per heavy atom. The number of rotatable bonds is 3. The Morgan fingerprint density at radius 2 is 2.09 bits per heavy atom. The maximum absolute atomic E-state index is 10.2. The predicted molar refractivity (Wildman–Crippen MR) is 77.5 cm³/mol. The minimum atomic E-state index is -1.31. The molecule has 8 N–H and O–H groups in total. The van der Waals surface area contributed by atoms with Crippen molar-refractivity contribution in [2.24, 2.45) is 10.9 Å². The molecule has 1 aliphatic heterocycles. The zero-order valence-corrected chi connectivity index (χ0v) is 11.8. The maximum Gasteiger partial charge on any atom is 0.172 e. The van der Waals surface area contributed by atoms with Gasteiger partial charge in [0.15, 0.2) is 12.1 Å². The van der Waals surface area contributed by atoms with E-state index in [1.807, 2.05) is 0 Å². The molecule has 1 fully saturated rings. The van der Waals surface area contributed by atoms with E-state index in [9.17, 15) is 15.3 Å². The van der Waals surface area contributed by atoms with E-state index < -0.39 is 31.1 Å². The number of ether oxygens (including phenoxy) is 1. The molecule has 0 aliphatic carbocycles. The summed E-state index contributed by atoms with van der Waals surface area (Å²) in [4.78, 5) is 7.94. The summed E-state index contributed by atoms with van der Waals surface area (Å²) < 4.78 is 6.86. The number of oxime groups is 1. The minimum Gasteiger partial charge on any atom is -0.409 e. The van der Waals surface area contributed by atoms with Crippen molar-refractivity contribution < 1.29 is 25.3 Å². The maximum atomic E-state index is 10.2. The van der Waals surface area contributed by atoms with E-state index >= 15 is 0 Å². The number of fused-ring (bicyclic) bond motifs is 1. The fraction of sp³-hybridized carbons (Fsp3) is 0.417. The molecule has 2 aromatic heterocycles. The second-order valence-electron chi connectivity index (χ2n) is 5.12. The second kappa shape index (κ2) is 5.62. The fourth-order valence-corrected chi connectivity index (χ4v) is 2.66. The van der Waals surface area contributed by atoms with Crippen LogP contribution in [0.2, 0.25) is 0 Å². The van der Waals surface area contributed by atoms with Crippen LogP contribution in [-0.4, -0.2) is 65.8 Å². The van der Waals surface area contributed by atoms with Crippen LogP contribution in [0.15, 0.2) is 17.7 Å². The summed E-state index contributed by atoms with van der Waals surface area (Å²) >= 11 is 0. The first kappa shape index (κ1) is 15.4. The first-order valence-corrected chi connectivity index (χ1v) is 6.71. The lowest BCUT2D eigenvalue weighted by atomic mass is 10.1. The summed E-state index contributed by atoms with van der Waals surface area (Å²) in [7, 11) is 0. The Kier molecular flexibility index (Phi) is 3.77. The monoisotopic (exact) mass is 324 g/mol. The molecule has 0 unspecified atom stereocenters. The van der Waals surface area contributed by atoms with Crippen LogP contribution < -0.4 is 11.5 Å². The third-order valence-electron chi connectivity index (χ3n) is 3.81. The molecule has 4 atom stereocenters. The van der Waals surface area contributed by atoms with Gasteiger partial charge in [-0.3, -0.25) is 0 Å². The molecular weight excluding hydrogens is 308 g/mol. The Morgan fingerprint density at radius 1 is 1.35 bits per heavy atom. The number of hydrogen-bond acceptors (Lipinski definition) is 9. The molecule has 0 bridgehead atoms. The summed E-state index contributed by atoms with van der Waals surface area (Å²) in [6, 6.07) is 0. The van der Waals surface area contributed by atoms with Crippen molar-refractivity contribution in [3.8, 4) is 0 Å². The quantitative estimate of drug-likeness (QED) is 0.156. The number of aliphatic hydroxyl groups is 3. The average Bonchev–Trinajstić information content (AvgIpc) is 3.07. The van der Waals surface area contributed by atoms with Gasteiger partial charge >= 0.3 is 0 Å². The smallest absolute Gasteiger partial charge is 0.172 e. The molecule has 11 nitrogen and oxygen atoms in total. The zero-order valence-electron chi connectivity index (χ0n) is 11.8. The van der Waals surface area contributed by atoms with E-state index in [-0.39, 0.29) is 22.9 Å². The number of aliphatic hydroxyl groups excluding tert-OH is 3. The highest BCUT2D eigenvalue weighted by Gasteiger charge is 2.44. The molecule has 3 rings (SSSR count). The van der Waals surface area contributed by atoms with E-state index in [1.54, 1.807) is 0 Å². The van der Waals surface area contributed by atoms with E-state index in [4.69, 9.17) is 21.4 Å². The van der Waals surface area contributed by atoms with Gasteiger partial charge in [0.1, 0.15) is 36.1 Å². The first-order valence-electron chi connectivity index (χ1n) is 6.71. The van der Waals surface area contributed by atoms with E-state index in [0.29, 0.717) is 5.39 Å². The Labute approximate surface area is 129 Å². The molecule has 0 amide bonds. The van der Waals surface area contributed by atoms with Crippen molar-refractivity contribution in [3.63, 3.8) is 0 Å². The van der Waals surface area contributed by atoms with Crippen LogP contribution >= 0.6 is 0 Å². The van der Waals surface area contributed by atoms with Gasteiger partial charge in [0.2, 0.25) is 0 Å². The zero-order chi connectivity index (χ0) is 16.7. The molecule has 124 valence electrons. The highest BCUT2D eigenvalue weighted by Crippen LogP contribution is 2.34. The molecule has 11 heteroatoms.